The zero-order valence-corrected chi connectivity index (χ0v) is 14.5. The fourth-order valence-electron chi connectivity index (χ4n) is 1.51. The largest absolute Gasteiger partial charge is 0.317 e. The molecule has 1 rings (SSSR count). The van der Waals surface area contributed by atoms with E-state index in [9.17, 15) is 12.8 Å². The predicted molar refractivity (Wildman–Crippen MR) is 87.5 cm³/mol. The van der Waals surface area contributed by atoms with Gasteiger partial charge >= 0.3 is 10.2 Å². The van der Waals surface area contributed by atoms with Gasteiger partial charge in [0.05, 0.1) is 5.69 Å². The second kappa shape index (κ2) is 8.11. The molecule has 0 atom stereocenters. The van der Waals surface area contributed by atoms with Crippen molar-refractivity contribution in [3.05, 3.63) is 27.6 Å². The summed E-state index contributed by atoms with van der Waals surface area (Å²) < 4.78 is 41.4. The molecule has 0 radical (unpaired) electrons. The van der Waals surface area contributed by atoms with Gasteiger partial charge in [0.2, 0.25) is 0 Å². The maximum absolute atomic E-state index is 13.0. The minimum absolute atomic E-state index is 0.380. The summed E-state index contributed by atoms with van der Waals surface area (Å²) in [7, 11) is -2.09. The molecule has 114 valence electrons. The Morgan fingerprint density at radius 1 is 1.40 bits per heavy atom. The van der Waals surface area contributed by atoms with E-state index in [1.165, 1.54) is 29.6 Å². The molecule has 0 fully saturated rings. The Bertz CT molecular complexity index is 540. The zero-order chi connectivity index (χ0) is 15.2. The first-order valence-corrected chi connectivity index (χ1v) is 8.78. The molecule has 0 saturated carbocycles. The third kappa shape index (κ3) is 5.51. The fraction of sp³-hybridized carbons (Fsp3) is 0.500. The van der Waals surface area contributed by atoms with Gasteiger partial charge in [-0.1, -0.05) is 6.92 Å². The summed E-state index contributed by atoms with van der Waals surface area (Å²) in [6.45, 7) is 4.05. The summed E-state index contributed by atoms with van der Waals surface area (Å²) in [5.41, 5.74) is 0.380. The van der Waals surface area contributed by atoms with Crippen LogP contribution in [0.15, 0.2) is 18.2 Å². The maximum Gasteiger partial charge on any atom is 0.301 e. The lowest BCUT2D eigenvalue weighted by molar-refractivity contribution is 0.459. The van der Waals surface area contributed by atoms with Gasteiger partial charge in [-0.05, 0) is 60.3 Å². The van der Waals surface area contributed by atoms with Crippen molar-refractivity contribution in [2.24, 2.45) is 0 Å². The molecular weight excluding hydrogens is 396 g/mol. The standard InChI is InChI=1S/C12H19FIN3O2S/c1-3-15-7-4-8-17(2)20(18,19)16-12-6-5-10(13)9-11(12)14/h5-6,9,15-16H,3-4,7-8H2,1-2H3. The second-order valence-electron chi connectivity index (χ2n) is 4.26. The molecule has 0 spiro atoms. The highest BCUT2D eigenvalue weighted by atomic mass is 127. The van der Waals surface area contributed by atoms with Gasteiger partial charge in [-0.2, -0.15) is 12.7 Å². The van der Waals surface area contributed by atoms with E-state index in [-0.39, 0.29) is 0 Å². The number of anilines is 1. The molecule has 0 aliphatic heterocycles. The van der Waals surface area contributed by atoms with Gasteiger partial charge in [-0.15, -0.1) is 0 Å². The van der Waals surface area contributed by atoms with E-state index >= 15 is 0 Å². The summed E-state index contributed by atoms with van der Waals surface area (Å²) in [5, 5.41) is 3.14. The highest BCUT2D eigenvalue weighted by Gasteiger charge is 2.18. The van der Waals surface area contributed by atoms with E-state index < -0.39 is 16.0 Å². The molecular formula is C12H19FIN3O2S. The molecule has 20 heavy (non-hydrogen) atoms. The van der Waals surface area contributed by atoms with Crippen LogP contribution in [0.25, 0.3) is 0 Å². The van der Waals surface area contributed by atoms with Gasteiger partial charge in [-0.3, -0.25) is 4.72 Å². The number of nitrogens with one attached hydrogen (secondary N) is 2. The van der Waals surface area contributed by atoms with Crippen LogP contribution in [-0.4, -0.2) is 39.4 Å². The molecule has 2 N–H and O–H groups in total. The number of rotatable bonds is 8. The lowest BCUT2D eigenvalue weighted by Crippen LogP contribution is -2.34. The van der Waals surface area contributed by atoms with Crippen LogP contribution in [0.1, 0.15) is 13.3 Å². The van der Waals surface area contributed by atoms with Gasteiger partial charge in [0, 0.05) is 17.2 Å². The topological polar surface area (TPSA) is 61.4 Å². The summed E-state index contributed by atoms with van der Waals surface area (Å²) in [4.78, 5) is 0. The van der Waals surface area contributed by atoms with Crippen molar-refractivity contribution < 1.29 is 12.8 Å². The molecule has 0 aliphatic rings. The SMILES string of the molecule is CCNCCCN(C)S(=O)(=O)Nc1ccc(F)cc1I. The molecule has 8 heteroatoms. The highest BCUT2D eigenvalue weighted by Crippen LogP contribution is 2.20. The van der Waals surface area contributed by atoms with Crippen LogP contribution < -0.4 is 10.0 Å². The van der Waals surface area contributed by atoms with Crippen molar-refractivity contribution >= 4 is 38.5 Å². The summed E-state index contributed by atoms with van der Waals surface area (Å²) in [6.07, 6.45) is 0.728. The van der Waals surface area contributed by atoms with Crippen molar-refractivity contribution in [1.29, 1.82) is 0 Å². The van der Waals surface area contributed by atoms with Gasteiger partial charge in [0.25, 0.3) is 0 Å². The minimum atomic E-state index is -3.61. The Labute approximate surface area is 133 Å². The van der Waals surface area contributed by atoms with Crippen molar-refractivity contribution in [1.82, 2.24) is 9.62 Å². The van der Waals surface area contributed by atoms with E-state index in [1.807, 2.05) is 29.5 Å². The van der Waals surface area contributed by atoms with Crippen molar-refractivity contribution in [3.8, 4) is 0 Å². The fourth-order valence-corrected chi connectivity index (χ4v) is 3.29. The highest BCUT2D eigenvalue weighted by molar-refractivity contribution is 14.1. The summed E-state index contributed by atoms with van der Waals surface area (Å²) in [5.74, 6) is -0.392. The molecule has 5 nitrogen and oxygen atoms in total. The Kier molecular flexibility index (Phi) is 7.13. The molecule has 0 amide bonds. The van der Waals surface area contributed by atoms with E-state index in [1.54, 1.807) is 0 Å². The number of nitrogens with zero attached hydrogens (tertiary/aromatic N) is 1. The second-order valence-corrected chi connectivity index (χ2v) is 7.20. The van der Waals surface area contributed by atoms with Crippen molar-refractivity contribution in [3.63, 3.8) is 0 Å². The number of halogens is 2. The Morgan fingerprint density at radius 2 is 2.10 bits per heavy atom. The Hall–Kier alpha value is -0.450. The van der Waals surface area contributed by atoms with Crippen LogP contribution in [0.4, 0.5) is 10.1 Å². The van der Waals surface area contributed by atoms with E-state index in [0.717, 1.165) is 19.5 Å². The van der Waals surface area contributed by atoms with E-state index in [0.29, 0.717) is 15.8 Å². The average Bonchev–Trinajstić information content (AvgIpc) is 2.37. The van der Waals surface area contributed by atoms with E-state index in [2.05, 4.69) is 10.0 Å². The first-order chi connectivity index (χ1) is 9.36. The average molecular weight is 415 g/mol. The van der Waals surface area contributed by atoms with Gasteiger partial charge < -0.3 is 5.32 Å². The van der Waals surface area contributed by atoms with E-state index in [4.69, 9.17) is 0 Å². The predicted octanol–water partition coefficient (Wildman–Crippen LogP) is 2.02. The zero-order valence-electron chi connectivity index (χ0n) is 11.5. The third-order valence-electron chi connectivity index (χ3n) is 2.66. The molecule has 0 heterocycles. The van der Waals surface area contributed by atoms with Crippen LogP contribution in [0, 0.1) is 9.39 Å². The summed E-state index contributed by atoms with van der Waals surface area (Å²) >= 11 is 1.89. The lowest BCUT2D eigenvalue weighted by Gasteiger charge is -2.19. The molecule has 0 aliphatic carbocycles. The Balaban J connectivity index is 2.64. The summed E-state index contributed by atoms with van der Waals surface area (Å²) in [6, 6.07) is 3.93. The lowest BCUT2D eigenvalue weighted by atomic mass is 10.3. The van der Waals surface area contributed by atoms with Crippen molar-refractivity contribution in [2.75, 3.05) is 31.4 Å². The molecule has 0 bridgehead atoms. The molecule has 0 unspecified atom stereocenters. The van der Waals surface area contributed by atoms with Gasteiger partial charge in [0.1, 0.15) is 5.82 Å². The minimum Gasteiger partial charge on any atom is -0.317 e. The maximum atomic E-state index is 13.0. The molecule has 0 saturated heterocycles. The smallest absolute Gasteiger partial charge is 0.301 e. The quantitative estimate of drug-likeness (QED) is 0.505. The van der Waals surface area contributed by atoms with Crippen LogP contribution in [0.3, 0.4) is 0 Å². The van der Waals surface area contributed by atoms with Gasteiger partial charge in [0.15, 0.2) is 0 Å². The molecule has 1 aromatic rings. The molecule has 1 aromatic carbocycles. The number of hydrogen-bond donors (Lipinski definition) is 2. The van der Waals surface area contributed by atoms with Crippen LogP contribution in [0.2, 0.25) is 0 Å². The van der Waals surface area contributed by atoms with Crippen LogP contribution >= 0.6 is 22.6 Å². The first kappa shape index (κ1) is 17.6. The van der Waals surface area contributed by atoms with Crippen LogP contribution in [-0.2, 0) is 10.2 Å². The first-order valence-electron chi connectivity index (χ1n) is 6.26. The third-order valence-corrected chi connectivity index (χ3v) is 5.03. The van der Waals surface area contributed by atoms with Crippen LogP contribution in [0.5, 0.6) is 0 Å². The molecule has 0 aromatic heterocycles. The van der Waals surface area contributed by atoms with Gasteiger partial charge in [-0.25, -0.2) is 4.39 Å². The van der Waals surface area contributed by atoms with Crippen molar-refractivity contribution in [2.45, 2.75) is 13.3 Å². The Morgan fingerprint density at radius 3 is 2.70 bits per heavy atom. The number of benzene rings is 1. The number of hydrogen-bond acceptors (Lipinski definition) is 3. The monoisotopic (exact) mass is 415 g/mol. The normalized spacial score (nSPS) is 11.8.